The smallest absolute Gasteiger partial charge is 0.280 e. The van der Waals surface area contributed by atoms with Crippen LogP contribution in [0.1, 0.15) is 29.4 Å². The Bertz CT molecular complexity index is 963. The zero-order valence-electron chi connectivity index (χ0n) is 17.1. The van der Waals surface area contributed by atoms with Crippen LogP contribution in [0.3, 0.4) is 0 Å². The molecule has 150 valence electrons. The summed E-state index contributed by atoms with van der Waals surface area (Å²) in [5.74, 6) is 0.598. The van der Waals surface area contributed by atoms with Crippen LogP contribution < -0.4 is 9.64 Å². The van der Waals surface area contributed by atoms with Gasteiger partial charge in [0.25, 0.3) is 5.91 Å². The van der Waals surface area contributed by atoms with Crippen LogP contribution in [-0.4, -0.2) is 59.9 Å². The van der Waals surface area contributed by atoms with E-state index in [2.05, 4.69) is 10.00 Å². The molecule has 0 bridgehead atoms. The number of amides is 1. The second-order valence-electron chi connectivity index (χ2n) is 6.93. The lowest BCUT2D eigenvalue weighted by molar-refractivity contribution is 0.0980. The summed E-state index contributed by atoms with van der Waals surface area (Å²) >= 11 is 1.52. The number of thiazole rings is 1. The second-order valence-corrected chi connectivity index (χ2v) is 7.91. The largest absolute Gasteiger partial charge is 0.494 e. The van der Waals surface area contributed by atoms with Crippen LogP contribution in [0.4, 0.5) is 5.13 Å². The van der Waals surface area contributed by atoms with Crippen molar-refractivity contribution in [1.82, 2.24) is 19.7 Å². The first-order chi connectivity index (χ1) is 13.4. The van der Waals surface area contributed by atoms with E-state index in [-0.39, 0.29) is 5.91 Å². The van der Waals surface area contributed by atoms with E-state index in [1.54, 1.807) is 22.8 Å². The Morgan fingerprint density at radius 1 is 1.25 bits per heavy atom. The van der Waals surface area contributed by atoms with E-state index in [4.69, 9.17) is 9.72 Å². The minimum absolute atomic E-state index is 0.123. The first-order valence-corrected chi connectivity index (χ1v) is 10.2. The lowest BCUT2D eigenvalue weighted by Crippen LogP contribution is -2.33. The van der Waals surface area contributed by atoms with Crippen LogP contribution in [0.5, 0.6) is 5.75 Å². The minimum Gasteiger partial charge on any atom is -0.494 e. The fourth-order valence-electron chi connectivity index (χ4n) is 3.00. The fourth-order valence-corrected chi connectivity index (χ4v) is 4.07. The minimum atomic E-state index is -0.123. The number of carbonyl (C=O) groups excluding carboxylic acids is 1. The van der Waals surface area contributed by atoms with Crippen LogP contribution in [0.2, 0.25) is 0 Å². The van der Waals surface area contributed by atoms with Crippen molar-refractivity contribution in [1.29, 1.82) is 0 Å². The molecule has 1 aromatic carbocycles. The maximum atomic E-state index is 13.2. The van der Waals surface area contributed by atoms with Gasteiger partial charge in [-0.2, -0.15) is 5.10 Å². The molecule has 7 nitrogen and oxygen atoms in total. The molecule has 0 spiro atoms. The highest BCUT2D eigenvalue weighted by Gasteiger charge is 2.24. The molecule has 0 aliphatic heterocycles. The molecule has 0 aliphatic rings. The molecule has 0 fully saturated rings. The summed E-state index contributed by atoms with van der Waals surface area (Å²) in [5.41, 5.74) is 2.36. The zero-order valence-corrected chi connectivity index (χ0v) is 17.9. The molecule has 3 aromatic rings. The maximum Gasteiger partial charge on any atom is 0.280 e. The number of carbonyl (C=O) groups is 1. The van der Waals surface area contributed by atoms with Crippen LogP contribution in [0.15, 0.2) is 24.4 Å². The molecule has 0 atom stereocenters. The number of rotatable bonds is 8. The molecular weight excluding hydrogens is 374 g/mol. The SMILES string of the molecule is CCn1ccc(C(=O)N(CCCN(C)C)c2nc3c(OC)ccc(C)c3s2)n1. The number of ether oxygens (including phenoxy) is 1. The van der Waals surface area contributed by atoms with E-state index in [0.29, 0.717) is 17.4 Å². The molecule has 28 heavy (non-hydrogen) atoms. The van der Waals surface area contributed by atoms with Gasteiger partial charge < -0.3 is 9.64 Å². The van der Waals surface area contributed by atoms with Gasteiger partial charge in [0.2, 0.25) is 0 Å². The van der Waals surface area contributed by atoms with Crippen molar-refractivity contribution < 1.29 is 9.53 Å². The van der Waals surface area contributed by atoms with Gasteiger partial charge in [-0.05, 0) is 58.6 Å². The van der Waals surface area contributed by atoms with Gasteiger partial charge in [-0.3, -0.25) is 14.4 Å². The average molecular weight is 402 g/mol. The molecule has 0 aliphatic carbocycles. The van der Waals surface area contributed by atoms with Gasteiger partial charge >= 0.3 is 0 Å². The number of aromatic nitrogens is 3. The van der Waals surface area contributed by atoms with E-state index in [1.165, 1.54) is 11.3 Å². The Hall–Kier alpha value is -2.45. The van der Waals surface area contributed by atoms with E-state index < -0.39 is 0 Å². The molecule has 0 saturated heterocycles. The van der Waals surface area contributed by atoms with Crippen molar-refractivity contribution in [3.05, 3.63) is 35.7 Å². The first kappa shape index (κ1) is 20.3. The highest BCUT2D eigenvalue weighted by atomic mass is 32.1. The zero-order chi connectivity index (χ0) is 20.3. The number of nitrogens with zero attached hydrogens (tertiary/aromatic N) is 5. The molecule has 0 saturated carbocycles. The highest BCUT2D eigenvalue weighted by Crippen LogP contribution is 2.36. The Labute approximate surface area is 169 Å². The molecular formula is C20H27N5O2S. The van der Waals surface area contributed by atoms with Crippen molar-refractivity contribution in [3.8, 4) is 5.75 Å². The third-order valence-corrected chi connectivity index (χ3v) is 5.77. The third kappa shape index (κ3) is 4.18. The Morgan fingerprint density at radius 2 is 2.04 bits per heavy atom. The number of anilines is 1. The van der Waals surface area contributed by atoms with E-state index in [9.17, 15) is 4.79 Å². The van der Waals surface area contributed by atoms with Crippen LogP contribution in [-0.2, 0) is 6.54 Å². The molecule has 0 unspecified atom stereocenters. The standard InChI is InChI=1S/C20H27N5O2S/c1-6-24-13-10-15(22-24)19(26)25(12-7-11-23(3)4)20-21-17-16(27-5)9-8-14(2)18(17)28-20/h8-10,13H,6-7,11-12H2,1-5H3. The molecule has 0 N–H and O–H groups in total. The first-order valence-electron chi connectivity index (χ1n) is 9.38. The summed E-state index contributed by atoms with van der Waals surface area (Å²) in [6, 6.07) is 5.70. The van der Waals surface area contributed by atoms with Crippen molar-refractivity contribution in [2.75, 3.05) is 39.2 Å². The van der Waals surface area contributed by atoms with Gasteiger partial charge in [-0.1, -0.05) is 17.4 Å². The second kappa shape index (κ2) is 8.70. The third-order valence-electron chi connectivity index (χ3n) is 4.56. The van der Waals surface area contributed by atoms with Crippen LogP contribution in [0.25, 0.3) is 10.2 Å². The van der Waals surface area contributed by atoms with Gasteiger partial charge in [0.15, 0.2) is 10.8 Å². The number of hydrogen-bond donors (Lipinski definition) is 0. The Morgan fingerprint density at radius 3 is 2.68 bits per heavy atom. The molecule has 2 heterocycles. The summed E-state index contributed by atoms with van der Waals surface area (Å²) in [6.45, 7) is 6.24. The van der Waals surface area contributed by atoms with Crippen molar-refractivity contribution >= 4 is 32.6 Å². The van der Waals surface area contributed by atoms with Gasteiger partial charge in [0, 0.05) is 19.3 Å². The number of aryl methyl sites for hydroxylation is 2. The Balaban J connectivity index is 1.99. The predicted molar refractivity (Wildman–Crippen MR) is 114 cm³/mol. The van der Waals surface area contributed by atoms with E-state index in [0.717, 1.165) is 41.0 Å². The maximum absolute atomic E-state index is 13.2. The van der Waals surface area contributed by atoms with Gasteiger partial charge in [0.1, 0.15) is 11.3 Å². The normalized spacial score (nSPS) is 11.4. The van der Waals surface area contributed by atoms with Crippen molar-refractivity contribution in [3.63, 3.8) is 0 Å². The van der Waals surface area contributed by atoms with Crippen LogP contribution in [0, 0.1) is 6.92 Å². The van der Waals surface area contributed by atoms with Gasteiger partial charge in [-0.15, -0.1) is 0 Å². The van der Waals surface area contributed by atoms with Crippen molar-refractivity contribution in [2.45, 2.75) is 26.8 Å². The molecule has 3 rings (SSSR count). The summed E-state index contributed by atoms with van der Waals surface area (Å²) in [5, 5.41) is 5.07. The quantitative estimate of drug-likeness (QED) is 0.579. The molecule has 8 heteroatoms. The topological polar surface area (TPSA) is 63.5 Å². The van der Waals surface area contributed by atoms with Crippen molar-refractivity contribution in [2.24, 2.45) is 0 Å². The van der Waals surface area contributed by atoms with Gasteiger partial charge in [-0.25, -0.2) is 4.98 Å². The number of benzene rings is 1. The fraction of sp³-hybridized carbons (Fsp3) is 0.450. The number of fused-ring (bicyclic) bond motifs is 1. The predicted octanol–water partition coefficient (Wildman–Crippen LogP) is 3.43. The van der Waals surface area contributed by atoms with Crippen LogP contribution >= 0.6 is 11.3 Å². The Kier molecular flexibility index (Phi) is 6.31. The van der Waals surface area contributed by atoms with E-state index >= 15 is 0 Å². The summed E-state index contributed by atoms with van der Waals surface area (Å²) in [7, 11) is 5.70. The molecule has 0 radical (unpaired) electrons. The number of hydrogen-bond acceptors (Lipinski definition) is 6. The summed E-state index contributed by atoms with van der Waals surface area (Å²) in [4.78, 5) is 21.9. The lowest BCUT2D eigenvalue weighted by Gasteiger charge is -2.20. The highest BCUT2D eigenvalue weighted by molar-refractivity contribution is 7.22. The van der Waals surface area contributed by atoms with Gasteiger partial charge in [0.05, 0.1) is 11.8 Å². The van der Waals surface area contributed by atoms with E-state index in [1.807, 2.05) is 46.3 Å². The molecule has 1 amide bonds. The summed E-state index contributed by atoms with van der Waals surface area (Å²) in [6.07, 6.45) is 2.68. The number of methoxy groups -OCH3 is 1. The average Bonchev–Trinajstić information content (AvgIpc) is 3.32. The molecule has 2 aromatic heterocycles. The summed E-state index contributed by atoms with van der Waals surface area (Å²) < 4.78 is 8.27. The monoisotopic (exact) mass is 401 g/mol. The lowest BCUT2D eigenvalue weighted by atomic mass is 10.2.